The lowest BCUT2D eigenvalue weighted by atomic mass is 9.99. The van der Waals surface area contributed by atoms with E-state index in [1.165, 1.54) is 74.3 Å². The molecular formula is C111H147N15O15. The van der Waals surface area contributed by atoms with Gasteiger partial charge in [-0.15, -0.1) is 0 Å². The van der Waals surface area contributed by atoms with Crippen LogP contribution in [-0.2, 0) is 52.9 Å². The summed E-state index contributed by atoms with van der Waals surface area (Å²) in [5.74, 6) is -3.99. The van der Waals surface area contributed by atoms with E-state index < -0.39 is 54.2 Å². The molecule has 30 heteroatoms. The van der Waals surface area contributed by atoms with Gasteiger partial charge in [-0.25, -0.2) is 15.0 Å². The molecule has 756 valence electrons. The van der Waals surface area contributed by atoms with E-state index in [0.717, 1.165) is 78.3 Å². The smallest absolute Gasteiger partial charge is 0.253 e. The molecule has 0 radical (unpaired) electrons. The number of carbonyl (C=O) groups excluding carboxylic acids is 12. The number of carbonyl (C=O) groups is 12. The molecule has 0 bridgehead atoms. The molecule has 0 aliphatic heterocycles. The van der Waals surface area contributed by atoms with Crippen LogP contribution in [0.4, 0.5) is 0 Å². The summed E-state index contributed by atoms with van der Waals surface area (Å²) in [5.41, 5.74) is 15.7. The molecule has 141 heavy (non-hydrogen) atoms. The number of hydrogen-bond acceptors (Lipinski definition) is 18. The first-order valence-corrected chi connectivity index (χ1v) is 48.9. The van der Waals surface area contributed by atoms with Gasteiger partial charge in [0.1, 0.15) is 0 Å². The van der Waals surface area contributed by atoms with Crippen LogP contribution in [0, 0.1) is 0 Å². The van der Waals surface area contributed by atoms with Crippen molar-refractivity contribution in [1.29, 1.82) is 0 Å². The predicted molar refractivity (Wildman–Crippen MR) is 552 cm³/mol. The third-order valence-corrected chi connectivity index (χ3v) is 23.0. The molecule has 6 atom stereocenters. The zero-order valence-electron chi connectivity index (χ0n) is 84.7. The number of nitrogens with zero attached hydrogens (tertiary/aromatic N) is 9. The highest BCUT2D eigenvalue weighted by molar-refractivity contribution is 6.07. The minimum atomic E-state index is -1.08. The van der Waals surface area contributed by atoms with Crippen molar-refractivity contribution in [3.63, 3.8) is 0 Å². The van der Waals surface area contributed by atoms with Crippen molar-refractivity contribution in [3.05, 3.63) is 320 Å². The molecule has 0 fully saturated rings. The number of hydrazine groups is 3. The highest BCUT2D eigenvalue weighted by Crippen LogP contribution is 2.23. The van der Waals surface area contributed by atoms with Gasteiger partial charge >= 0.3 is 0 Å². The Balaban J connectivity index is 0.000000287. The Morgan fingerprint density at radius 1 is 0.255 bits per heavy atom. The second-order valence-electron chi connectivity index (χ2n) is 35.8. The maximum Gasteiger partial charge on any atom is 0.253 e. The van der Waals surface area contributed by atoms with Crippen LogP contribution in [0.3, 0.4) is 0 Å². The topological polar surface area (TPSA) is 367 Å². The van der Waals surface area contributed by atoms with Crippen LogP contribution in [0.25, 0.3) is 0 Å². The van der Waals surface area contributed by atoms with Crippen molar-refractivity contribution in [2.75, 3.05) is 121 Å². The third-order valence-electron chi connectivity index (χ3n) is 23.0. The first-order valence-electron chi connectivity index (χ1n) is 48.9. The fourth-order valence-electron chi connectivity index (χ4n) is 16.0. The van der Waals surface area contributed by atoms with Crippen molar-refractivity contribution in [3.8, 4) is 0 Å². The summed E-state index contributed by atoms with van der Waals surface area (Å²) in [5, 5.41) is 48.1. The molecule has 6 unspecified atom stereocenters. The van der Waals surface area contributed by atoms with Crippen molar-refractivity contribution < 1.29 is 72.9 Å². The van der Waals surface area contributed by atoms with Gasteiger partial charge < -0.3 is 60.7 Å². The van der Waals surface area contributed by atoms with Crippen molar-refractivity contribution in [2.24, 2.45) is 0 Å². The maximum atomic E-state index is 13.9. The summed E-state index contributed by atoms with van der Waals surface area (Å²) in [4.78, 5) is 169. The van der Waals surface area contributed by atoms with Gasteiger partial charge in [-0.3, -0.25) is 73.8 Å². The van der Waals surface area contributed by atoms with E-state index in [2.05, 4.69) is 32.2 Å². The number of benzene rings is 9. The molecule has 0 saturated carbocycles. The van der Waals surface area contributed by atoms with Crippen LogP contribution >= 0.6 is 0 Å². The van der Waals surface area contributed by atoms with Crippen LogP contribution in [0.15, 0.2) is 237 Å². The molecule has 9 N–H and O–H groups in total. The van der Waals surface area contributed by atoms with Crippen LogP contribution < -0.4 is 32.2 Å². The fourth-order valence-corrected chi connectivity index (χ4v) is 16.0. The molecule has 9 rings (SSSR count). The largest absolute Gasteiger partial charge is 0.390 e. The van der Waals surface area contributed by atoms with Gasteiger partial charge in [0.15, 0.2) is 0 Å². The van der Waals surface area contributed by atoms with Crippen molar-refractivity contribution in [2.45, 2.75) is 175 Å². The summed E-state index contributed by atoms with van der Waals surface area (Å²) in [6, 6.07) is 67.9. The summed E-state index contributed by atoms with van der Waals surface area (Å²) < 4.78 is 0. The number of likely N-dealkylation sites (N-methyl/N-ethyl adjacent to an activating group) is 2. The van der Waals surface area contributed by atoms with Gasteiger partial charge in [0.05, 0.1) is 55.7 Å². The van der Waals surface area contributed by atoms with Gasteiger partial charge in [-0.1, -0.05) is 237 Å². The van der Waals surface area contributed by atoms with E-state index in [4.69, 9.17) is 0 Å². The molecule has 9 aromatic rings. The van der Waals surface area contributed by atoms with Gasteiger partial charge in [-0.05, 0) is 152 Å². The Morgan fingerprint density at radius 3 is 0.709 bits per heavy atom. The molecule has 0 aliphatic carbocycles. The average Bonchev–Trinajstić information content (AvgIpc) is 0.814. The minimum Gasteiger partial charge on any atom is -0.390 e. The summed E-state index contributed by atoms with van der Waals surface area (Å²) in [6.45, 7) is 20.2. The summed E-state index contributed by atoms with van der Waals surface area (Å²) >= 11 is 0. The molecular weight excluding hydrogens is 1780 g/mol. The predicted octanol–water partition coefficient (Wildman–Crippen LogP) is 11.8. The van der Waals surface area contributed by atoms with E-state index in [-0.39, 0.29) is 142 Å². The SMILES string of the molecule is CCCN(CC(O)C(Cc1ccccc1)NC(=O)c1cc(C(=O)N(C)C)cc(C(=O)N(CCC)CCC)c1)NC(=O)Cc1ccccc1.CCCN(CCC)C(=O)c1cc(C(=O)NC(Cc2ccccc2)C(O)CN(C)NC(=O)Cc2ccccc2)cc(C(=O)N(C)C)c1.CCCN(CCC)C(=O)c1cc(C(=O)NC(Cc2ccccc2)C(O)CN(CC)NC(=O)Cc2ccccc2)cc(C(=O)N(C)C)c1. The van der Waals surface area contributed by atoms with Crippen LogP contribution in [0.2, 0.25) is 0 Å². The Hall–Kier alpha value is -13.6. The van der Waals surface area contributed by atoms with Gasteiger partial charge in [0, 0.05) is 171 Å². The first kappa shape index (κ1) is 114. The van der Waals surface area contributed by atoms with E-state index in [1.54, 1.807) is 74.1 Å². The van der Waals surface area contributed by atoms with Crippen molar-refractivity contribution >= 4 is 70.9 Å². The zero-order valence-corrected chi connectivity index (χ0v) is 84.7. The third kappa shape index (κ3) is 38.5. The molecule has 0 heterocycles. The number of amides is 12. The number of nitrogens with one attached hydrogen (secondary N) is 6. The lowest BCUT2D eigenvalue weighted by molar-refractivity contribution is -0.126. The number of hydrogen-bond donors (Lipinski definition) is 9. The Kier molecular flexibility index (Phi) is 49.0. The first-order chi connectivity index (χ1) is 67.6. The van der Waals surface area contributed by atoms with Crippen LogP contribution in [0.5, 0.6) is 0 Å². The number of aliphatic hydroxyl groups excluding tert-OH is 3. The highest BCUT2D eigenvalue weighted by atomic mass is 16.3. The van der Waals surface area contributed by atoms with Crippen LogP contribution in [0.1, 0.15) is 227 Å². The number of aliphatic hydroxyl groups is 3. The molecule has 30 nitrogen and oxygen atoms in total. The lowest BCUT2D eigenvalue weighted by Gasteiger charge is -2.30. The summed E-state index contributed by atoms with van der Waals surface area (Å²) in [7, 11) is 11.3. The quantitative estimate of drug-likeness (QED) is 0.0160. The monoisotopic (exact) mass is 1930 g/mol. The highest BCUT2D eigenvalue weighted by Gasteiger charge is 2.33. The van der Waals surface area contributed by atoms with Gasteiger partial charge in [-0.2, -0.15) is 0 Å². The summed E-state index contributed by atoms with van der Waals surface area (Å²) in [6.07, 6.45) is 3.64. The zero-order chi connectivity index (χ0) is 103. The fraction of sp³-hybridized carbons (Fsp3) is 0.405. The van der Waals surface area contributed by atoms with Gasteiger partial charge in [0.2, 0.25) is 17.7 Å². The Labute approximate surface area is 832 Å². The maximum absolute atomic E-state index is 13.9. The normalized spacial score (nSPS) is 12.2. The van der Waals surface area contributed by atoms with Gasteiger partial charge in [0.25, 0.3) is 53.2 Å². The molecule has 0 saturated heterocycles. The molecule has 0 aromatic heterocycles. The minimum absolute atomic E-state index is 0.0319. The lowest BCUT2D eigenvalue weighted by Crippen LogP contribution is -2.53. The Bertz CT molecular complexity index is 5430. The number of rotatable bonds is 51. The molecule has 9 aromatic carbocycles. The second kappa shape index (κ2) is 60.4. The average molecular weight is 1930 g/mol. The molecule has 0 aliphatic rings. The van der Waals surface area contributed by atoms with E-state index in [9.17, 15) is 72.9 Å². The Morgan fingerprint density at radius 2 is 0.468 bits per heavy atom. The standard InChI is InChI=1S/C38H51N5O5.C37H49N5O5.C36H47N5O5/c1-6-19-42(20-7-2)38(48)32-25-30(24-31(26-32)37(47)41(4)5)36(46)39-33(22-28-15-11-9-12-16-28)34(44)27-43(21-8-3)40-35(45)23-29-17-13-10-14-18-29;1-6-19-41(20-7-2)37(47)31-24-29(23-30(25-31)36(46)40(4)5)35(45)38-32(21-27-15-11-9-12-16-27)33(43)26-42(8-3)39-34(44)22-28-17-13-10-14-18-28;1-6-18-41(19-7-2)36(46)30-23-28(22-29(24-30)35(45)39(3)4)34(44)37-31(20-26-14-10-8-11-15-26)32(42)25-40(5)38-33(43)21-27-16-12-9-13-17-27/h9-18,24-26,33-34,44H,6-8,19-23,27H2,1-5H3,(H,39,46)(H,40,45);9-18,23-25,32-33,43H,6-8,19-22,26H2,1-5H3,(H,38,45)(H,39,44);8-17,22-24,31-32,42H,6-7,18-21,25H2,1-5H3,(H,37,44)(H,38,43). The molecule has 0 spiro atoms. The van der Waals surface area contributed by atoms with Crippen LogP contribution in [-0.4, -0.2) is 288 Å². The molecule has 12 amide bonds. The van der Waals surface area contributed by atoms with Crippen molar-refractivity contribution in [1.82, 2.24) is 76.7 Å². The second-order valence-corrected chi connectivity index (χ2v) is 35.8. The van der Waals surface area contributed by atoms with E-state index >= 15 is 0 Å². The van der Waals surface area contributed by atoms with E-state index in [0.29, 0.717) is 71.6 Å². The van der Waals surface area contributed by atoms with E-state index in [1.807, 2.05) is 237 Å².